The van der Waals surface area contributed by atoms with Crippen molar-refractivity contribution >= 4 is 5.82 Å². The molecule has 0 saturated carbocycles. The van der Waals surface area contributed by atoms with E-state index >= 15 is 0 Å². The van der Waals surface area contributed by atoms with Crippen LogP contribution in [0.25, 0.3) is 0 Å². The summed E-state index contributed by atoms with van der Waals surface area (Å²) < 4.78 is 1.84. The van der Waals surface area contributed by atoms with Crippen LogP contribution in [0.15, 0.2) is 12.3 Å². The molecule has 0 aliphatic heterocycles. The summed E-state index contributed by atoms with van der Waals surface area (Å²) in [4.78, 5) is 0. The number of nitrogens with zero attached hydrogens (tertiary/aromatic N) is 3. The first-order valence-electron chi connectivity index (χ1n) is 4.01. The molecule has 12 heavy (non-hydrogen) atoms. The van der Waals surface area contributed by atoms with Crippen molar-refractivity contribution in [1.29, 1.82) is 5.26 Å². The second-order valence-electron chi connectivity index (χ2n) is 2.39. The molecule has 0 aliphatic carbocycles. The van der Waals surface area contributed by atoms with Crippen molar-refractivity contribution in [1.82, 2.24) is 9.78 Å². The maximum Gasteiger partial charge on any atom is 0.148 e. The molecule has 0 amide bonds. The van der Waals surface area contributed by atoms with E-state index in [9.17, 15) is 0 Å². The average Bonchev–Trinajstić information content (AvgIpc) is 2.53. The highest BCUT2D eigenvalue weighted by Crippen LogP contribution is 2.01. The summed E-state index contributed by atoms with van der Waals surface area (Å²) >= 11 is 0. The van der Waals surface area contributed by atoms with Gasteiger partial charge in [0.05, 0.1) is 12.5 Å². The molecule has 1 heterocycles. The van der Waals surface area contributed by atoms with Crippen LogP contribution in [-0.4, -0.2) is 16.3 Å². The smallest absolute Gasteiger partial charge is 0.148 e. The van der Waals surface area contributed by atoms with Crippen molar-refractivity contribution in [2.45, 2.75) is 19.9 Å². The molecular weight excluding hydrogens is 152 g/mol. The fraction of sp³-hybridized carbons (Fsp3) is 0.500. The molecule has 0 bridgehead atoms. The maximum atomic E-state index is 8.28. The molecule has 0 radical (unpaired) electrons. The van der Waals surface area contributed by atoms with Gasteiger partial charge in [-0.3, -0.25) is 4.68 Å². The predicted molar refractivity (Wildman–Crippen MR) is 46.6 cm³/mol. The zero-order chi connectivity index (χ0) is 8.81. The van der Waals surface area contributed by atoms with Gasteiger partial charge in [-0.2, -0.15) is 10.4 Å². The first kappa shape index (κ1) is 8.60. The minimum absolute atomic E-state index is 0.513. The Balaban J connectivity index is 2.37. The largest absolute Gasteiger partial charge is 0.368 e. The highest BCUT2D eigenvalue weighted by atomic mass is 15.3. The number of anilines is 1. The Bertz CT molecular complexity index is 271. The van der Waals surface area contributed by atoms with Crippen LogP contribution in [0.2, 0.25) is 0 Å². The minimum Gasteiger partial charge on any atom is -0.368 e. The molecule has 0 saturated heterocycles. The van der Waals surface area contributed by atoms with E-state index in [1.807, 2.05) is 23.9 Å². The summed E-state index contributed by atoms with van der Waals surface area (Å²) in [6, 6.07) is 3.97. The molecule has 0 fully saturated rings. The van der Waals surface area contributed by atoms with E-state index in [2.05, 4.69) is 16.5 Å². The van der Waals surface area contributed by atoms with E-state index < -0.39 is 0 Å². The standard InChI is InChI=1S/C8H12N4/c1-2-12-7-4-8(11-12)10-6-3-5-9/h4,7H,2-3,6H2,1H3,(H,10,11). The number of nitrogens with one attached hydrogen (secondary N) is 1. The van der Waals surface area contributed by atoms with Crippen LogP contribution in [0.4, 0.5) is 5.82 Å². The van der Waals surface area contributed by atoms with E-state index in [1.165, 1.54) is 0 Å². The van der Waals surface area contributed by atoms with Gasteiger partial charge in [0.2, 0.25) is 0 Å². The lowest BCUT2D eigenvalue weighted by Crippen LogP contribution is -2.02. The Labute approximate surface area is 71.8 Å². The third-order valence-corrected chi connectivity index (χ3v) is 1.51. The van der Waals surface area contributed by atoms with Crippen molar-refractivity contribution < 1.29 is 0 Å². The second-order valence-corrected chi connectivity index (χ2v) is 2.39. The van der Waals surface area contributed by atoms with E-state index in [1.54, 1.807) is 0 Å². The van der Waals surface area contributed by atoms with Crippen molar-refractivity contribution in [2.24, 2.45) is 0 Å². The van der Waals surface area contributed by atoms with Crippen LogP contribution in [-0.2, 0) is 6.54 Å². The molecule has 0 atom stereocenters. The molecule has 0 aromatic carbocycles. The normalized spacial score (nSPS) is 9.33. The molecule has 0 spiro atoms. The lowest BCUT2D eigenvalue weighted by atomic mass is 10.4. The lowest BCUT2D eigenvalue weighted by molar-refractivity contribution is 0.661. The fourth-order valence-corrected chi connectivity index (χ4v) is 0.879. The van der Waals surface area contributed by atoms with Gasteiger partial charge in [-0.15, -0.1) is 0 Å². The molecule has 0 aliphatic rings. The van der Waals surface area contributed by atoms with Crippen LogP contribution < -0.4 is 5.32 Å². The van der Waals surface area contributed by atoms with Crippen molar-refractivity contribution in [3.05, 3.63) is 12.3 Å². The SMILES string of the molecule is CCn1ccc(NCCC#N)n1. The van der Waals surface area contributed by atoms with Gasteiger partial charge >= 0.3 is 0 Å². The number of rotatable bonds is 4. The zero-order valence-corrected chi connectivity index (χ0v) is 7.12. The van der Waals surface area contributed by atoms with Gasteiger partial charge in [0.25, 0.3) is 0 Å². The molecule has 1 N–H and O–H groups in total. The van der Waals surface area contributed by atoms with Gasteiger partial charge in [0, 0.05) is 25.4 Å². The molecule has 4 nitrogen and oxygen atoms in total. The van der Waals surface area contributed by atoms with Gasteiger partial charge < -0.3 is 5.32 Å². The minimum atomic E-state index is 0.513. The Kier molecular flexibility index (Phi) is 3.15. The van der Waals surface area contributed by atoms with Gasteiger partial charge in [0.15, 0.2) is 0 Å². The first-order valence-corrected chi connectivity index (χ1v) is 4.01. The summed E-state index contributed by atoms with van der Waals surface area (Å²) in [5, 5.41) is 15.5. The van der Waals surface area contributed by atoms with Gasteiger partial charge in [0.1, 0.15) is 5.82 Å². The lowest BCUT2D eigenvalue weighted by Gasteiger charge is -1.97. The highest BCUT2D eigenvalue weighted by molar-refractivity contribution is 5.31. The molecular formula is C8H12N4. The van der Waals surface area contributed by atoms with Crippen LogP contribution in [0, 0.1) is 11.3 Å². The summed E-state index contributed by atoms with van der Waals surface area (Å²) in [7, 11) is 0. The summed E-state index contributed by atoms with van der Waals surface area (Å²) in [6.07, 6.45) is 2.42. The van der Waals surface area contributed by atoms with Gasteiger partial charge in [-0.1, -0.05) is 0 Å². The molecule has 1 aromatic heterocycles. The number of aryl methyl sites for hydroxylation is 1. The van der Waals surface area contributed by atoms with E-state index in [-0.39, 0.29) is 0 Å². The van der Waals surface area contributed by atoms with Gasteiger partial charge in [-0.25, -0.2) is 0 Å². The monoisotopic (exact) mass is 164 g/mol. The van der Waals surface area contributed by atoms with Crippen molar-refractivity contribution in [2.75, 3.05) is 11.9 Å². The van der Waals surface area contributed by atoms with E-state index in [4.69, 9.17) is 5.26 Å². The van der Waals surface area contributed by atoms with Crippen LogP contribution in [0.1, 0.15) is 13.3 Å². The average molecular weight is 164 g/mol. The topological polar surface area (TPSA) is 53.6 Å². The number of hydrogen-bond donors (Lipinski definition) is 1. The molecule has 1 aromatic rings. The molecule has 4 heteroatoms. The first-order chi connectivity index (χ1) is 5.86. The molecule has 64 valence electrons. The van der Waals surface area contributed by atoms with Crippen LogP contribution >= 0.6 is 0 Å². The Morgan fingerprint density at radius 1 is 1.75 bits per heavy atom. The van der Waals surface area contributed by atoms with E-state index in [0.29, 0.717) is 13.0 Å². The predicted octanol–water partition coefficient (Wildman–Crippen LogP) is 1.23. The van der Waals surface area contributed by atoms with E-state index in [0.717, 1.165) is 12.4 Å². The quantitative estimate of drug-likeness (QED) is 0.681. The zero-order valence-electron chi connectivity index (χ0n) is 7.12. The van der Waals surface area contributed by atoms with Crippen molar-refractivity contribution in [3.8, 4) is 6.07 Å². The molecule has 1 rings (SSSR count). The Morgan fingerprint density at radius 2 is 2.58 bits per heavy atom. The van der Waals surface area contributed by atoms with Crippen LogP contribution in [0.5, 0.6) is 0 Å². The fourth-order valence-electron chi connectivity index (χ4n) is 0.879. The van der Waals surface area contributed by atoms with Crippen LogP contribution in [0.3, 0.4) is 0 Å². The summed E-state index contributed by atoms with van der Waals surface area (Å²) in [5.41, 5.74) is 0. The Hall–Kier alpha value is -1.50. The highest BCUT2D eigenvalue weighted by Gasteiger charge is 1.94. The summed E-state index contributed by atoms with van der Waals surface area (Å²) in [5.74, 6) is 0.840. The van der Waals surface area contributed by atoms with Crippen molar-refractivity contribution in [3.63, 3.8) is 0 Å². The summed E-state index contributed by atoms with van der Waals surface area (Å²) in [6.45, 7) is 3.57. The number of aromatic nitrogens is 2. The third-order valence-electron chi connectivity index (χ3n) is 1.51. The maximum absolute atomic E-state index is 8.28. The number of nitriles is 1. The Morgan fingerprint density at radius 3 is 3.17 bits per heavy atom. The van der Waals surface area contributed by atoms with Gasteiger partial charge in [-0.05, 0) is 6.92 Å². The third kappa shape index (κ3) is 2.27. The second kappa shape index (κ2) is 4.39. The number of hydrogen-bond acceptors (Lipinski definition) is 3. The molecule has 0 unspecified atom stereocenters.